The minimum atomic E-state index is -0.900. The van der Waals surface area contributed by atoms with Crippen molar-refractivity contribution in [3.63, 3.8) is 0 Å². The van der Waals surface area contributed by atoms with Crippen LogP contribution in [0, 0.1) is 0 Å². The van der Waals surface area contributed by atoms with Crippen molar-refractivity contribution in [1.82, 2.24) is 5.32 Å². The summed E-state index contributed by atoms with van der Waals surface area (Å²) in [6.45, 7) is 3.40. The van der Waals surface area contributed by atoms with Crippen molar-refractivity contribution >= 4 is 11.9 Å². The van der Waals surface area contributed by atoms with Gasteiger partial charge in [-0.1, -0.05) is 12.1 Å². The van der Waals surface area contributed by atoms with E-state index in [1.165, 1.54) is 6.92 Å². The first-order chi connectivity index (χ1) is 8.40. The molecular formula is C12H17N3O3. The van der Waals surface area contributed by atoms with Crippen LogP contribution >= 0.6 is 0 Å². The summed E-state index contributed by atoms with van der Waals surface area (Å²) >= 11 is 0. The van der Waals surface area contributed by atoms with Crippen molar-refractivity contribution in [3.05, 3.63) is 29.8 Å². The third kappa shape index (κ3) is 4.06. The monoisotopic (exact) mass is 251 g/mol. The minimum absolute atomic E-state index is 0.0605. The maximum absolute atomic E-state index is 11.4. The van der Waals surface area contributed by atoms with Crippen LogP contribution in [0.5, 0.6) is 5.75 Å². The van der Waals surface area contributed by atoms with Crippen molar-refractivity contribution in [1.29, 1.82) is 0 Å². The predicted molar refractivity (Wildman–Crippen MR) is 66.9 cm³/mol. The Kier molecular flexibility index (Phi) is 4.67. The zero-order valence-corrected chi connectivity index (χ0v) is 10.3. The lowest BCUT2D eigenvalue weighted by Crippen LogP contribution is -2.42. The van der Waals surface area contributed by atoms with Gasteiger partial charge in [0.15, 0.2) is 6.10 Å². The fourth-order valence-corrected chi connectivity index (χ4v) is 1.33. The van der Waals surface area contributed by atoms with E-state index in [1.54, 1.807) is 12.1 Å². The summed E-state index contributed by atoms with van der Waals surface area (Å²) in [6.07, 6.45) is -0.807. The quantitative estimate of drug-likeness (QED) is 0.730. The van der Waals surface area contributed by atoms with E-state index in [2.05, 4.69) is 0 Å². The number of rotatable bonds is 4. The number of carbonyl (C=O) groups excluding carboxylic acids is 2. The number of benzene rings is 1. The van der Waals surface area contributed by atoms with E-state index in [9.17, 15) is 9.59 Å². The van der Waals surface area contributed by atoms with Crippen LogP contribution < -0.4 is 21.5 Å². The molecule has 6 heteroatoms. The molecular weight excluding hydrogens is 234 g/mol. The molecule has 1 aromatic carbocycles. The summed E-state index contributed by atoms with van der Waals surface area (Å²) in [5, 5.41) is 1.95. The van der Waals surface area contributed by atoms with Crippen LogP contribution in [0.25, 0.3) is 0 Å². The Morgan fingerprint density at radius 1 is 1.22 bits per heavy atom. The van der Waals surface area contributed by atoms with Crippen molar-refractivity contribution < 1.29 is 14.3 Å². The zero-order valence-electron chi connectivity index (χ0n) is 10.3. The molecule has 0 aliphatic heterocycles. The summed E-state index contributed by atoms with van der Waals surface area (Å²) in [4.78, 5) is 21.9. The van der Waals surface area contributed by atoms with Gasteiger partial charge in [0.25, 0.3) is 5.91 Å². The predicted octanol–water partition coefficient (Wildman–Crippen LogP) is 0.669. The van der Waals surface area contributed by atoms with Crippen molar-refractivity contribution in [2.75, 3.05) is 0 Å². The van der Waals surface area contributed by atoms with Gasteiger partial charge in [0.2, 0.25) is 0 Å². The highest BCUT2D eigenvalue weighted by Crippen LogP contribution is 2.17. The second-order valence-corrected chi connectivity index (χ2v) is 3.97. The Morgan fingerprint density at radius 2 is 1.78 bits per heavy atom. The Bertz CT molecular complexity index is 429. The number of amides is 3. The van der Waals surface area contributed by atoms with Gasteiger partial charge in [-0.05, 0) is 31.5 Å². The summed E-state index contributed by atoms with van der Waals surface area (Å²) in [5.74, 6) is -0.0645. The van der Waals surface area contributed by atoms with E-state index in [1.807, 2.05) is 24.4 Å². The van der Waals surface area contributed by atoms with Gasteiger partial charge >= 0.3 is 6.03 Å². The van der Waals surface area contributed by atoms with Gasteiger partial charge in [0.05, 0.1) is 0 Å². The van der Waals surface area contributed by atoms with Gasteiger partial charge in [-0.25, -0.2) is 4.79 Å². The smallest absolute Gasteiger partial charge is 0.318 e. The number of nitrogens with one attached hydrogen (secondary N) is 1. The van der Waals surface area contributed by atoms with Gasteiger partial charge in [0.1, 0.15) is 5.75 Å². The fourth-order valence-electron chi connectivity index (χ4n) is 1.33. The third-order valence-corrected chi connectivity index (χ3v) is 2.33. The molecule has 0 bridgehead atoms. The van der Waals surface area contributed by atoms with Gasteiger partial charge in [-0.2, -0.15) is 0 Å². The summed E-state index contributed by atoms with van der Waals surface area (Å²) in [7, 11) is 0. The number of hydrogen-bond donors (Lipinski definition) is 3. The molecule has 0 saturated carbocycles. The molecule has 0 fully saturated rings. The SMILES string of the molecule is CC(Oc1ccc([C@H](C)N)cc1)C(=O)NC(N)=O. The Morgan fingerprint density at radius 3 is 2.22 bits per heavy atom. The Hall–Kier alpha value is -2.08. The normalized spacial score (nSPS) is 13.5. The average Bonchev–Trinajstić information content (AvgIpc) is 2.28. The molecule has 0 saturated heterocycles. The molecule has 6 nitrogen and oxygen atoms in total. The first kappa shape index (κ1) is 14.0. The lowest BCUT2D eigenvalue weighted by atomic mass is 10.1. The second-order valence-electron chi connectivity index (χ2n) is 3.97. The highest BCUT2D eigenvalue weighted by atomic mass is 16.5. The maximum Gasteiger partial charge on any atom is 0.318 e. The molecule has 0 heterocycles. The van der Waals surface area contributed by atoms with Gasteiger partial charge in [0, 0.05) is 6.04 Å². The first-order valence-electron chi connectivity index (χ1n) is 5.52. The third-order valence-electron chi connectivity index (χ3n) is 2.33. The molecule has 0 aromatic heterocycles. The molecule has 98 valence electrons. The molecule has 0 spiro atoms. The molecule has 2 atom stereocenters. The van der Waals surface area contributed by atoms with Crippen LogP contribution in [0.15, 0.2) is 24.3 Å². The van der Waals surface area contributed by atoms with Crippen molar-refractivity contribution in [2.45, 2.75) is 26.0 Å². The first-order valence-corrected chi connectivity index (χ1v) is 5.52. The number of nitrogens with two attached hydrogens (primary N) is 2. The summed E-state index contributed by atoms with van der Waals surface area (Å²) in [5.41, 5.74) is 11.5. The van der Waals surface area contributed by atoms with Gasteiger partial charge in [-0.15, -0.1) is 0 Å². The van der Waals surface area contributed by atoms with Crippen molar-refractivity contribution in [2.24, 2.45) is 11.5 Å². The lowest BCUT2D eigenvalue weighted by molar-refractivity contribution is -0.126. The highest BCUT2D eigenvalue weighted by Gasteiger charge is 2.16. The lowest BCUT2D eigenvalue weighted by Gasteiger charge is -2.14. The van der Waals surface area contributed by atoms with Crippen LogP contribution in [0.1, 0.15) is 25.5 Å². The largest absolute Gasteiger partial charge is 0.481 e. The minimum Gasteiger partial charge on any atom is -0.481 e. The zero-order chi connectivity index (χ0) is 13.7. The summed E-state index contributed by atoms with van der Waals surface area (Å²) < 4.78 is 5.35. The molecule has 3 amide bonds. The number of primary amides is 1. The molecule has 1 rings (SSSR count). The number of carbonyl (C=O) groups is 2. The highest BCUT2D eigenvalue weighted by molar-refractivity contribution is 5.95. The molecule has 0 radical (unpaired) electrons. The average molecular weight is 251 g/mol. The molecule has 18 heavy (non-hydrogen) atoms. The van der Waals surface area contributed by atoms with Gasteiger partial charge < -0.3 is 16.2 Å². The molecule has 5 N–H and O–H groups in total. The number of urea groups is 1. The summed E-state index contributed by atoms with van der Waals surface area (Å²) in [6, 6.07) is 6.11. The van der Waals surface area contributed by atoms with Crippen molar-refractivity contribution in [3.8, 4) is 5.75 Å². The van der Waals surface area contributed by atoms with E-state index in [0.29, 0.717) is 5.75 Å². The van der Waals surface area contributed by atoms with E-state index in [0.717, 1.165) is 5.56 Å². The molecule has 0 aliphatic carbocycles. The van der Waals surface area contributed by atoms with Crippen LogP contribution in [0.4, 0.5) is 4.79 Å². The van der Waals surface area contributed by atoms with Crippen LogP contribution in [0.2, 0.25) is 0 Å². The molecule has 1 aromatic rings. The maximum atomic E-state index is 11.4. The van der Waals surface area contributed by atoms with E-state index < -0.39 is 18.0 Å². The topological polar surface area (TPSA) is 107 Å². The van der Waals surface area contributed by atoms with E-state index >= 15 is 0 Å². The standard InChI is InChI=1S/C12H17N3O3/c1-7(13)9-3-5-10(6-4-9)18-8(2)11(16)15-12(14)17/h3-8H,13H2,1-2H3,(H3,14,15,16,17)/t7-,8?/m0/s1. The molecule has 1 unspecified atom stereocenters. The van der Waals surface area contributed by atoms with Crippen LogP contribution in [-0.4, -0.2) is 18.0 Å². The number of imide groups is 1. The Balaban J connectivity index is 2.61. The van der Waals surface area contributed by atoms with Gasteiger partial charge in [-0.3, -0.25) is 10.1 Å². The Labute approximate surface area is 105 Å². The molecule has 0 aliphatic rings. The van der Waals surface area contributed by atoms with E-state index in [-0.39, 0.29) is 6.04 Å². The number of ether oxygens (including phenoxy) is 1. The number of hydrogen-bond acceptors (Lipinski definition) is 4. The van der Waals surface area contributed by atoms with E-state index in [4.69, 9.17) is 16.2 Å². The van der Waals surface area contributed by atoms with Crippen LogP contribution in [-0.2, 0) is 4.79 Å². The van der Waals surface area contributed by atoms with Crippen LogP contribution in [0.3, 0.4) is 0 Å². The second kappa shape index (κ2) is 6.02. The fraction of sp³-hybridized carbons (Fsp3) is 0.333.